The molecule has 1 rings (SSSR count). The molecule has 0 aliphatic carbocycles. The maximum absolute atomic E-state index is 12.7. The maximum atomic E-state index is 12.7. The van der Waals surface area contributed by atoms with Crippen molar-refractivity contribution < 1.29 is 21.7 Å². The molecule has 4 N–H and O–H groups in total. The van der Waals surface area contributed by atoms with Crippen molar-refractivity contribution in [3.63, 3.8) is 0 Å². The molecule has 1 aromatic rings. The Hall–Kier alpha value is -1.41. The van der Waals surface area contributed by atoms with E-state index in [0.717, 1.165) is 0 Å². The normalized spacial score (nSPS) is 12.5. The van der Waals surface area contributed by atoms with Gasteiger partial charge in [-0.1, -0.05) is 0 Å². The molecule has 1 aromatic carbocycles. The zero-order valence-corrected chi connectivity index (χ0v) is 7.44. The van der Waals surface area contributed by atoms with Crippen molar-refractivity contribution in [2.45, 2.75) is 0 Å². The Balaban J connectivity index is 3.25. The van der Waals surface area contributed by atoms with Crippen LogP contribution in [-0.2, 0) is 11.4 Å². The molecule has 0 aliphatic heterocycles. The Morgan fingerprint density at radius 3 is 2.43 bits per heavy atom. The molecular weight excluding hydrogens is 218 g/mol. The highest BCUT2D eigenvalue weighted by molar-refractivity contribution is 7.74. The second-order valence-electron chi connectivity index (χ2n) is 2.29. The van der Waals surface area contributed by atoms with Crippen LogP contribution in [0.1, 0.15) is 0 Å². The van der Waals surface area contributed by atoms with Crippen LogP contribution in [0.4, 0.5) is 20.2 Å². The number of nitrogens with two attached hydrogens (primary N) is 2. The lowest BCUT2D eigenvalue weighted by molar-refractivity contribution is 0.437. The van der Waals surface area contributed by atoms with Gasteiger partial charge in [0.1, 0.15) is 17.0 Å². The lowest BCUT2D eigenvalue weighted by Gasteiger charge is -2.11. The molecule has 1 unspecified atom stereocenters. The van der Waals surface area contributed by atoms with Gasteiger partial charge < -0.3 is 20.2 Å². The number of rotatable bonds is 2. The summed E-state index contributed by atoms with van der Waals surface area (Å²) in [6.07, 6.45) is 0. The molecule has 0 radical (unpaired) electrons. The van der Waals surface area contributed by atoms with Crippen molar-refractivity contribution in [2.24, 2.45) is 0 Å². The van der Waals surface area contributed by atoms with Crippen molar-refractivity contribution in [1.82, 2.24) is 0 Å². The average molecular weight is 223 g/mol. The third-order valence-electron chi connectivity index (χ3n) is 1.42. The minimum atomic E-state index is -2.92. The first-order valence-electron chi connectivity index (χ1n) is 3.24. The first-order chi connectivity index (χ1) is 6.43. The van der Waals surface area contributed by atoms with Gasteiger partial charge in [-0.05, 0) is 0 Å². The van der Waals surface area contributed by atoms with Crippen molar-refractivity contribution in [1.29, 1.82) is 0 Å². The quantitative estimate of drug-likeness (QED) is 0.554. The summed E-state index contributed by atoms with van der Waals surface area (Å²) in [5.41, 5.74) is 9.05. The molecule has 0 saturated carbocycles. The smallest absolute Gasteiger partial charge is 0.184 e. The van der Waals surface area contributed by atoms with Crippen LogP contribution in [0, 0.1) is 11.6 Å². The van der Waals surface area contributed by atoms with Crippen molar-refractivity contribution >= 4 is 22.7 Å². The highest BCUT2D eigenvalue weighted by atomic mass is 32.2. The zero-order chi connectivity index (χ0) is 10.9. The van der Waals surface area contributed by atoms with Crippen LogP contribution in [0.5, 0.6) is 5.75 Å². The van der Waals surface area contributed by atoms with Crippen LogP contribution < -0.4 is 15.7 Å². The number of nitrogen functional groups attached to an aromatic ring is 2. The summed E-state index contributed by atoms with van der Waals surface area (Å²) in [5.74, 6) is -3.22. The lowest BCUT2D eigenvalue weighted by Crippen LogP contribution is -2.06. The van der Waals surface area contributed by atoms with E-state index in [-0.39, 0.29) is 0 Å². The van der Waals surface area contributed by atoms with Gasteiger partial charge in [0.25, 0.3) is 0 Å². The fourth-order valence-electron chi connectivity index (χ4n) is 0.778. The number of benzene rings is 1. The topological polar surface area (TPSA) is 101 Å². The summed E-state index contributed by atoms with van der Waals surface area (Å²) in [7, 11) is 0. The van der Waals surface area contributed by atoms with Crippen LogP contribution in [0.3, 0.4) is 0 Å². The number of hydrogen-bond donors (Lipinski definition) is 2. The standard InChI is InChI=1S/C6H6F2N2O3S/c7-2-1-3(13-14(11)12)5(9)6(10)4(2)8/h1H,9-10H2,(H,11,12)/p-1. The Morgan fingerprint density at radius 1 is 1.36 bits per heavy atom. The minimum Gasteiger partial charge on any atom is -0.740 e. The zero-order valence-electron chi connectivity index (χ0n) is 6.62. The largest absolute Gasteiger partial charge is 0.740 e. The number of hydrogen-bond acceptors (Lipinski definition) is 5. The highest BCUT2D eigenvalue weighted by Crippen LogP contribution is 2.32. The van der Waals surface area contributed by atoms with Gasteiger partial charge in [0.05, 0.1) is 5.69 Å². The van der Waals surface area contributed by atoms with E-state index < -0.39 is 40.1 Å². The molecule has 0 aromatic heterocycles. The first kappa shape index (κ1) is 10.7. The molecule has 0 aliphatic rings. The van der Waals surface area contributed by atoms with Gasteiger partial charge in [-0.15, -0.1) is 0 Å². The van der Waals surface area contributed by atoms with E-state index in [1.807, 2.05) is 0 Å². The van der Waals surface area contributed by atoms with E-state index in [9.17, 15) is 17.5 Å². The maximum Gasteiger partial charge on any atom is 0.184 e. The Morgan fingerprint density at radius 2 is 1.93 bits per heavy atom. The van der Waals surface area contributed by atoms with Crippen molar-refractivity contribution in [3.05, 3.63) is 17.7 Å². The van der Waals surface area contributed by atoms with Crippen LogP contribution in [0.2, 0.25) is 0 Å². The molecule has 8 heteroatoms. The fourth-order valence-corrected chi connectivity index (χ4v) is 1.06. The lowest BCUT2D eigenvalue weighted by atomic mass is 10.2. The van der Waals surface area contributed by atoms with Crippen LogP contribution in [0.25, 0.3) is 0 Å². The number of anilines is 2. The predicted molar refractivity (Wildman–Crippen MR) is 44.7 cm³/mol. The molecule has 0 spiro atoms. The van der Waals surface area contributed by atoms with Gasteiger partial charge in [0.2, 0.25) is 0 Å². The van der Waals surface area contributed by atoms with Crippen molar-refractivity contribution in [2.75, 3.05) is 11.5 Å². The third-order valence-corrected chi connectivity index (χ3v) is 1.73. The average Bonchev–Trinajstić information content (AvgIpc) is 2.10. The third kappa shape index (κ3) is 1.91. The van der Waals surface area contributed by atoms with Gasteiger partial charge in [0, 0.05) is 6.07 Å². The first-order valence-corrected chi connectivity index (χ1v) is 4.24. The number of halogens is 2. The van der Waals surface area contributed by atoms with E-state index >= 15 is 0 Å². The molecule has 78 valence electrons. The fraction of sp³-hybridized carbons (Fsp3) is 0. The van der Waals surface area contributed by atoms with Gasteiger partial charge in [0.15, 0.2) is 17.4 Å². The summed E-state index contributed by atoms with van der Waals surface area (Å²) in [6.45, 7) is 0. The Labute approximate surface area is 80.1 Å². The van der Waals surface area contributed by atoms with Gasteiger partial charge >= 0.3 is 0 Å². The van der Waals surface area contributed by atoms with Crippen molar-refractivity contribution in [3.8, 4) is 5.75 Å². The second kappa shape index (κ2) is 3.76. The van der Waals surface area contributed by atoms with E-state index in [4.69, 9.17) is 11.5 Å². The highest BCUT2D eigenvalue weighted by Gasteiger charge is 2.15. The summed E-state index contributed by atoms with van der Waals surface area (Å²) in [4.78, 5) is 0. The van der Waals surface area contributed by atoms with E-state index in [2.05, 4.69) is 4.18 Å². The van der Waals surface area contributed by atoms with E-state index in [1.165, 1.54) is 0 Å². The molecular formula is C6H5F2N2O3S-. The van der Waals surface area contributed by atoms with E-state index in [0.29, 0.717) is 6.07 Å². The van der Waals surface area contributed by atoms with E-state index in [1.54, 1.807) is 0 Å². The minimum absolute atomic E-state index is 0.465. The molecule has 0 amide bonds. The van der Waals surface area contributed by atoms with Crippen LogP contribution in [0.15, 0.2) is 6.07 Å². The predicted octanol–water partition coefficient (Wildman–Crippen LogP) is 0.302. The Kier molecular flexibility index (Phi) is 2.87. The molecule has 1 atom stereocenters. The second-order valence-corrected chi connectivity index (χ2v) is 2.86. The SMILES string of the molecule is Nc1c(OS(=O)[O-])cc(F)c(F)c1N. The summed E-state index contributed by atoms with van der Waals surface area (Å²) in [6, 6.07) is 0.497. The molecule has 5 nitrogen and oxygen atoms in total. The monoisotopic (exact) mass is 223 g/mol. The van der Waals surface area contributed by atoms with Gasteiger partial charge in [-0.2, -0.15) is 0 Å². The molecule has 0 bridgehead atoms. The van der Waals surface area contributed by atoms with Crippen LogP contribution >= 0.6 is 0 Å². The molecule has 0 heterocycles. The van der Waals surface area contributed by atoms with Crippen LogP contribution in [-0.4, -0.2) is 8.76 Å². The molecule has 0 fully saturated rings. The molecule has 14 heavy (non-hydrogen) atoms. The summed E-state index contributed by atoms with van der Waals surface area (Å²) in [5, 5.41) is 0. The Bertz CT molecular complexity index is 399. The summed E-state index contributed by atoms with van der Waals surface area (Å²) >= 11 is -2.92. The van der Waals surface area contributed by atoms with Gasteiger partial charge in [-0.25, -0.2) is 13.0 Å². The summed E-state index contributed by atoms with van der Waals surface area (Å²) < 4.78 is 49.7. The van der Waals surface area contributed by atoms with Gasteiger partial charge in [-0.3, -0.25) is 0 Å². The molecule has 0 saturated heterocycles.